The molecule has 0 unspecified atom stereocenters. The molecule has 1 amide bonds. The summed E-state index contributed by atoms with van der Waals surface area (Å²) in [5.74, 6) is 1.30. The van der Waals surface area contributed by atoms with Gasteiger partial charge in [-0.05, 0) is 24.1 Å². The fraction of sp³-hybridized carbons (Fsp3) is 0.333. The third-order valence-electron chi connectivity index (χ3n) is 4.45. The Hall–Kier alpha value is -3.42. The summed E-state index contributed by atoms with van der Waals surface area (Å²) in [7, 11) is 4.21. The topological polar surface area (TPSA) is 92.3 Å². The van der Waals surface area contributed by atoms with Crippen LogP contribution in [-0.4, -0.2) is 46.4 Å². The van der Waals surface area contributed by atoms with Gasteiger partial charge in [0.1, 0.15) is 13.2 Å². The lowest BCUT2D eigenvalue weighted by molar-refractivity contribution is -0.116. The lowest BCUT2D eigenvalue weighted by Crippen LogP contribution is -2.17. The van der Waals surface area contributed by atoms with Gasteiger partial charge in [0.05, 0.1) is 32.6 Å². The molecule has 8 heteroatoms. The van der Waals surface area contributed by atoms with Crippen LogP contribution in [0.2, 0.25) is 0 Å². The number of hydrogen-bond acceptors (Lipinski definition) is 7. The highest BCUT2D eigenvalue weighted by Gasteiger charge is 2.19. The zero-order valence-corrected chi connectivity index (χ0v) is 16.6. The molecule has 1 aliphatic rings. The van der Waals surface area contributed by atoms with E-state index in [9.17, 15) is 9.59 Å². The van der Waals surface area contributed by atoms with Crippen molar-refractivity contribution < 1.29 is 33.3 Å². The number of fused-ring (bicyclic) bond motifs is 1. The molecule has 0 saturated carbocycles. The number of hydrogen-bond donors (Lipinski definition) is 1. The molecule has 0 atom stereocenters. The third-order valence-corrected chi connectivity index (χ3v) is 4.45. The van der Waals surface area contributed by atoms with E-state index in [2.05, 4.69) is 5.32 Å². The Labute approximate surface area is 168 Å². The first-order valence-electron chi connectivity index (χ1n) is 9.08. The second kappa shape index (κ2) is 9.18. The Balaban J connectivity index is 1.72. The Morgan fingerprint density at radius 1 is 0.966 bits per heavy atom. The number of rotatable bonds is 7. The minimum Gasteiger partial charge on any atom is -0.493 e. The molecule has 1 heterocycles. The van der Waals surface area contributed by atoms with Crippen LogP contribution in [0.4, 0.5) is 5.69 Å². The van der Waals surface area contributed by atoms with Crippen LogP contribution in [0.5, 0.6) is 23.0 Å². The van der Waals surface area contributed by atoms with Crippen LogP contribution in [0.1, 0.15) is 22.3 Å². The highest BCUT2D eigenvalue weighted by molar-refractivity contribution is 6.02. The number of nitrogens with one attached hydrogen (secondary N) is 1. The van der Waals surface area contributed by atoms with E-state index in [1.807, 2.05) is 18.2 Å². The fourth-order valence-electron chi connectivity index (χ4n) is 2.98. The number of amides is 1. The lowest BCUT2D eigenvalue weighted by Gasteiger charge is -2.19. The van der Waals surface area contributed by atoms with Crippen LogP contribution in [0.15, 0.2) is 30.3 Å². The number of carbonyl (C=O) groups excluding carboxylic acids is 2. The van der Waals surface area contributed by atoms with Gasteiger partial charge in [-0.15, -0.1) is 0 Å². The second-order valence-corrected chi connectivity index (χ2v) is 6.27. The van der Waals surface area contributed by atoms with E-state index in [-0.39, 0.29) is 17.9 Å². The van der Waals surface area contributed by atoms with Crippen molar-refractivity contribution >= 4 is 17.6 Å². The van der Waals surface area contributed by atoms with E-state index >= 15 is 0 Å². The first kappa shape index (κ1) is 20.3. The van der Waals surface area contributed by atoms with Gasteiger partial charge in [-0.1, -0.05) is 6.07 Å². The Bertz CT molecular complexity index is 910. The molecule has 0 aliphatic carbocycles. The normalized spacial score (nSPS) is 12.1. The average Bonchev–Trinajstić information content (AvgIpc) is 2.76. The first-order valence-corrected chi connectivity index (χ1v) is 9.08. The van der Waals surface area contributed by atoms with Crippen molar-refractivity contribution in [1.29, 1.82) is 0 Å². The van der Waals surface area contributed by atoms with Crippen LogP contribution in [0.3, 0.4) is 0 Å². The average molecular weight is 401 g/mol. The molecule has 0 fully saturated rings. The Morgan fingerprint density at radius 2 is 1.66 bits per heavy atom. The molecule has 29 heavy (non-hydrogen) atoms. The summed E-state index contributed by atoms with van der Waals surface area (Å²) in [6.07, 6.45) is 0.720. The predicted molar refractivity (Wildman–Crippen MR) is 105 cm³/mol. The fourth-order valence-corrected chi connectivity index (χ4v) is 2.98. The van der Waals surface area contributed by atoms with Crippen LogP contribution in [-0.2, 0) is 16.0 Å². The van der Waals surface area contributed by atoms with E-state index < -0.39 is 5.97 Å². The molecule has 3 rings (SSSR count). The molecule has 2 aromatic rings. The molecule has 0 radical (unpaired) electrons. The van der Waals surface area contributed by atoms with Gasteiger partial charge in [0.15, 0.2) is 23.0 Å². The molecule has 2 aromatic carbocycles. The third kappa shape index (κ3) is 4.71. The van der Waals surface area contributed by atoms with E-state index in [4.69, 9.17) is 23.7 Å². The maximum atomic E-state index is 12.5. The van der Waals surface area contributed by atoms with Crippen molar-refractivity contribution in [2.75, 3.05) is 39.9 Å². The van der Waals surface area contributed by atoms with Gasteiger partial charge >= 0.3 is 5.97 Å². The van der Waals surface area contributed by atoms with E-state index in [0.29, 0.717) is 48.3 Å². The number of esters is 1. The van der Waals surface area contributed by atoms with E-state index in [1.54, 1.807) is 0 Å². The smallest absolute Gasteiger partial charge is 0.340 e. The Morgan fingerprint density at radius 3 is 2.34 bits per heavy atom. The van der Waals surface area contributed by atoms with Crippen LogP contribution >= 0.6 is 0 Å². The zero-order valence-electron chi connectivity index (χ0n) is 16.6. The Kier molecular flexibility index (Phi) is 6.43. The van der Waals surface area contributed by atoms with Crippen molar-refractivity contribution in [3.63, 3.8) is 0 Å². The van der Waals surface area contributed by atoms with Crippen molar-refractivity contribution in [1.82, 2.24) is 0 Å². The van der Waals surface area contributed by atoms with Crippen molar-refractivity contribution in [2.45, 2.75) is 12.8 Å². The predicted octanol–water partition coefficient (Wildman–Crippen LogP) is 2.83. The van der Waals surface area contributed by atoms with Gasteiger partial charge in [0.2, 0.25) is 5.91 Å². The summed E-state index contributed by atoms with van der Waals surface area (Å²) in [6.45, 7) is 1.04. The molecule has 1 aliphatic heterocycles. The molecule has 0 saturated heterocycles. The standard InChI is InChI=1S/C21H23NO7/c1-25-17-11-14(21(24)27-3)15(12-18(17)26-2)22-20(23)7-5-13-4-6-16-19(10-13)29-9-8-28-16/h4,6,10-12H,5,7-9H2,1-3H3,(H,22,23). The summed E-state index contributed by atoms with van der Waals surface area (Å²) in [4.78, 5) is 24.6. The van der Waals surface area contributed by atoms with Crippen LogP contribution in [0, 0.1) is 0 Å². The molecular formula is C21H23NO7. The largest absolute Gasteiger partial charge is 0.493 e. The highest BCUT2D eigenvalue weighted by atomic mass is 16.6. The van der Waals surface area contributed by atoms with Gasteiger partial charge in [-0.3, -0.25) is 4.79 Å². The molecule has 8 nitrogen and oxygen atoms in total. The molecule has 0 aromatic heterocycles. The maximum Gasteiger partial charge on any atom is 0.340 e. The second-order valence-electron chi connectivity index (χ2n) is 6.27. The molecule has 0 spiro atoms. The summed E-state index contributed by atoms with van der Waals surface area (Å²) in [5.41, 5.74) is 1.42. The molecule has 154 valence electrons. The maximum absolute atomic E-state index is 12.5. The summed E-state index contributed by atoms with van der Waals surface area (Å²) >= 11 is 0. The highest BCUT2D eigenvalue weighted by Crippen LogP contribution is 2.34. The first-order chi connectivity index (χ1) is 14.0. The number of ether oxygens (including phenoxy) is 5. The SMILES string of the molecule is COC(=O)c1cc(OC)c(OC)cc1NC(=O)CCc1ccc2c(c1)OCCO2. The minimum absolute atomic E-state index is 0.179. The zero-order chi connectivity index (χ0) is 20.8. The van der Waals surface area contributed by atoms with Gasteiger partial charge in [0.25, 0.3) is 0 Å². The summed E-state index contributed by atoms with van der Waals surface area (Å²) < 4.78 is 26.3. The molecule has 0 bridgehead atoms. The number of anilines is 1. The minimum atomic E-state index is -0.590. The molecular weight excluding hydrogens is 378 g/mol. The summed E-state index contributed by atoms with van der Waals surface area (Å²) in [6, 6.07) is 8.62. The quantitative estimate of drug-likeness (QED) is 0.713. The van der Waals surface area contributed by atoms with Gasteiger partial charge in [0, 0.05) is 18.6 Å². The van der Waals surface area contributed by atoms with Crippen LogP contribution in [0.25, 0.3) is 0 Å². The lowest BCUT2D eigenvalue weighted by atomic mass is 10.1. The number of benzene rings is 2. The van der Waals surface area contributed by atoms with Crippen LogP contribution < -0.4 is 24.3 Å². The number of carbonyl (C=O) groups is 2. The van der Waals surface area contributed by atoms with E-state index in [0.717, 1.165) is 5.56 Å². The number of methoxy groups -OCH3 is 3. The summed E-state index contributed by atoms with van der Waals surface area (Å²) in [5, 5.41) is 2.75. The van der Waals surface area contributed by atoms with Gasteiger partial charge < -0.3 is 29.0 Å². The number of aryl methyl sites for hydroxylation is 1. The van der Waals surface area contributed by atoms with E-state index in [1.165, 1.54) is 33.5 Å². The van der Waals surface area contributed by atoms with Crippen molar-refractivity contribution in [2.24, 2.45) is 0 Å². The van der Waals surface area contributed by atoms with Crippen molar-refractivity contribution in [3.8, 4) is 23.0 Å². The van der Waals surface area contributed by atoms with Gasteiger partial charge in [-0.2, -0.15) is 0 Å². The molecule has 1 N–H and O–H groups in total. The monoisotopic (exact) mass is 401 g/mol. The van der Waals surface area contributed by atoms with Gasteiger partial charge in [-0.25, -0.2) is 4.79 Å². The van der Waals surface area contributed by atoms with Crippen molar-refractivity contribution in [3.05, 3.63) is 41.5 Å².